The molecular weight excluding hydrogens is 268 g/mol. The van der Waals surface area contributed by atoms with Crippen molar-refractivity contribution in [1.82, 2.24) is 0 Å². The molecule has 2 unspecified atom stereocenters. The summed E-state index contributed by atoms with van der Waals surface area (Å²) >= 11 is 1.86. The van der Waals surface area contributed by atoms with Gasteiger partial charge in [-0.15, -0.1) is 11.8 Å². The van der Waals surface area contributed by atoms with E-state index in [-0.39, 0.29) is 11.2 Å². The zero-order valence-electron chi connectivity index (χ0n) is 12.6. The van der Waals surface area contributed by atoms with Gasteiger partial charge < -0.3 is 4.74 Å². The molecule has 108 valence electrons. The molecule has 20 heavy (non-hydrogen) atoms. The Morgan fingerprint density at radius 2 is 1.95 bits per heavy atom. The van der Waals surface area contributed by atoms with Gasteiger partial charge in [-0.3, -0.25) is 0 Å². The van der Waals surface area contributed by atoms with E-state index in [1.54, 1.807) is 0 Å². The van der Waals surface area contributed by atoms with E-state index in [1.165, 1.54) is 0 Å². The fraction of sp³-hybridized carbons (Fsp3) is 0.471. The van der Waals surface area contributed by atoms with Gasteiger partial charge in [-0.25, -0.2) is 4.79 Å². The van der Waals surface area contributed by atoms with Crippen LogP contribution < -0.4 is 0 Å². The number of hydrogen-bond acceptors (Lipinski definition) is 3. The van der Waals surface area contributed by atoms with Gasteiger partial charge in [-0.2, -0.15) is 0 Å². The Hall–Kier alpha value is -1.22. The molecule has 0 aromatic heterocycles. The third kappa shape index (κ3) is 2.93. The summed E-state index contributed by atoms with van der Waals surface area (Å²) in [6.45, 7) is 8.79. The van der Waals surface area contributed by atoms with Gasteiger partial charge in [0.05, 0.1) is 12.2 Å². The SMILES string of the molecule is CCOC(=O)C1=C(c2ccccc2)C(C)SC1C(C)C. The first-order valence-corrected chi connectivity index (χ1v) is 8.12. The maximum atomic E-state index is 12.4. The molecule has 3 heteroatoms. The van der Waals surface area contributed by atoms with Crippen LogP contribution in [0, 0.1) is 5.92 Å². The standard InChI is InChI=1S/C17H22O2S/c1-5-19-17(18)15-14(13-9-7-6-8-10-13)12(4)20-16(15)11(2)3/h6-12,16H,5H2,1-4H3. The van der Waals surface area contributed by atoms with E-state index in [0.29, 0.717) is 17.8 Å². The molecule has 0 amide bonds. The lowest BCUT2D eigenvalue weighted by Gasteiger charge is -2.17. The van der Waals surface area contributed by atoms with Crippen molar-refractivity contribution in [2.24, 2.45) is 5.92 Å². The van der Waals surface area contributed by atoms with Crippen molar-refractivity contribution in [3.8, 4) is 0 Å². The molecule has 0 saturated carbocycles. The van der Waals surface area contributed by atoms with E-state index >= 15 is 0 Å². The highest BCUT2D eigenvalue weighted by Gasteiger charge is 2.38. The van der Waals surface area contributed by atoms with Crippen molar-refractivity contribution >= 4 is 23.3 Å². The number of carbonyl (C=O) groups excluding carboxylic acids is 1. The van der Waals surface area contributed by atoms with Crippen molar-refractivity contribution in [3.05, 3.63) is 41.5 Å². The fourth-order valence-corrected chi connectivity index (χ4v) is 4.17. The van der Waals surface area contributed by atoms with Crippen LogP contribution in [0.3, 0.4) is 0 Å². The highest BCUT2D eigenvalue weighted by molar-refractivity contribution is 8.01. The molecule has 0 aliphatic carbocycles. The van der Waals surface area contributed by atoms with Crippen LogP contribution in [0.25, 0.3) is 5.57 Å². The lowest BCUT2D eigenvalue weighted by Crippen LogP contribution is -2.20. The molecule has 0 N–H and O–H groups in total. The van der Waals surface area contributed by atoms with Gasteiger partial charge in [0, 0.05) is 10.5 Å². The molecule has 1 aliphatic rings. The monoisotopic (exact) mass is 290 g/mol. The predicted molar refractivity (Wildman–Crippen MR) is 85.7 cm³/mol. The third-order valence-corrected chi connectivity index (χ3v) is 5.23. The zero-order chi connectivity index (χ0) is 14.7. The van der Waals surface area contributed by atoms with Crippen molar-refractivity contribution in [2.75, 3.05) is 6.61 Å². The molecule has 2 nitrogen and oxygen atoms in total. The maximum absolute atomic E-state index is 12.4. The van der Waals surface area contributed by atoms with Gasteiger partial charge in [-0.05, 0) is 30.9 Å². The summed E-state index contributed by atoms with van der Waals surface area (Å²) in [5.41, 5.74) is 3.15. The molecule has 1 heterocycles. The molecule has 0 bridgehead atoms. The van der Waals surface area contributed by atoms with Crippen LogP contribution in [0.2, 0.25) is 0 Å². The first-order chi connectivity index (χ1) is 9.56. The summed E-state index contributed by atoms with van der Waals surface area (Å²) < 4.78 is 5.30. The highest BCUT2D eigenvalue weighted by atomic mass is 32.2. The Balaban J connectivity index is 2.51. The Labute approximate surface area is 125 Å². The van der Waals surface area contributed by atoms with E-state index < -0.39 is 0 Å². The normalized spacial score (nSPS) is 22.4. The summed E-state index contributed by atoms with van der Waals surface area (Å²) in [5, 5.41) is 0.545. The lowest BCUT2D eigenvalue weighted by molar-refractivity contribution is -0.138. The van der Waals surface area contributed by atoms with Crippen LogP contribution in [-0.2, 0) is 9.53 Å². The van der Waals surface area contributed by atoms with Crippen molar-refractivity contribution < 1.29 is 9.53 Å². The summed E-state index contributed by atoms with van der Waals surface area (Å²) in [6.07, 6.45) is 0. The third-order valence-electron chi connectivity index (χ3n) is 3.52. The van der Waals surface area contributed by atoms with E-state index in [2.05, 4.69) is 32.9 Å². The topological polar surface area (TPSA) is 26.3 Å². The summed E-state index contributed by atoms with van der Waals surface area (Å²) in [7, 11) is 0. The molecule has 2 rings (SSSR count). The van der Waals surface area contributed by atoms with Crippen molar-refractivity contribution in [2.45, 2.75) is 38.2 Å². The van der Waals surface area contributed by atoms with Crippen LogP contribution in [0.5, 0.6) is 0 Å². The minimum atomic E-state index is -0.151. The number of benzene rings is 1. The number of ether oxygens (including phenoxy) is 1. The molecule has 1 aromatic rings. The number of thioether (sulfide) groups is 1. The first-order valence-electron chi connectivity index (χ1n) is 7.18. The summed E-state index contributed by atoms with van der Waals surface area (Å²) in [5.74, 6) is 0.268. The molecule has 0 spiro atoms. The minimum Gasteiger partial charge on any atom is -0.463 e. The van der Waals surface area contributed by atoms with Crippen LogP contribution >= 0.6 is 11.8 Å². The number of rotatable bonds is 4. The van der Waals surface area contributed by atoms with Crippen LogP contribution in [0.15, 0.2) is 35.9 Å². The maximum Gasteiger partial charge on any atom is 0.335 e. The molecule has 0 saturated heterocycles. The van der Waals surface area contributed by atoms with Crippen LogP contribution in [0.1, 0.15) is 33.3 Å². The summed E-state index contributed by atoms with van der Waals surface area (Å²) in [6, 6.07) is 10.2. The Bertz CT molecular complexity index is 505. The molecule has 0 fully saturated rings. The van der Waals surface area contributed by atoms with Crippen molar-refractivity contribution in [3.63, 3.8) is 0 Å². The van der Waals surface area contributed by atoms with Gasteiger partial charge in [0.15, 0.2) is 0 Å². The van der Waals surface area contributed by atoms with E-state index in [9.17, 15) is 4.79 Å². The molecule has 1 aliphatic heterocycles. The molecular formula is C17H22O2S. The van der Waals surface area contributed by atoms with Crippen molar-refractivity contribution in [1.29, 1.82) is 0 Å². The first kappa shape index (κ1) is 15.2. The van der Waals surface area contributed by atoms with E-state index in [4.69, 9.17) is 4.74 Å². The predicted octanol–water partition coefficient (Wildman–Crippen LogP) is 4.16. The van der Waals surface area contributed by atoms with Gasteiger partial charge in [-0.1, -0.05) is 44.2 Å². The number of carbonyl (C=O) groups is 1. The average Bonchev–Trinajstić information content (AvgIpc) is 2.78. The quantitative estimate of drug-likeness (QED) is 0.779. The van der Waals surface area contributed by atoms with Gasteiger partial charge >= 0.3 is 5.97 Å². The Kier molecular flexibility index (Phi) is 4.92. The number of hydrogen-bond donors (Lipinski definition) is 0. The van der Waals surface area contributed by atoms with Gasteiger partial charge in [0.1, 0.15) is 0 Å². The second-order valence-electron chi connectivity index (χ2n) is 5.36. The largest absolute Gasteiger partial charge is 0.463 e. The average molecular weight is 290 g/mol. The zero-order valence-corrected chi connectivity index (χ0v) is 13.4. The number of esters is 1. The lowest BCUT2D eigenvalue weighted by atomic mass is 9.92. The fourth-order valence-electron chi connectivity index (χ4n) is 2.66. The Morgan fingerprint density at radius 1 is 1.30 bits per heavy atom. The molecule has 1 aromatic carbocycles. The Morgan fingerprint density at radius 3 is 2.50 bits per heavy atom. The second-order valence-corrected chi connectivity index (χ2v) is 6.84. The van der Waals surface area contributed by atoms with E-state index in [1.807, 2.05) is 36.9 Å². The minimum absolute atomic E-state index is 0.151. The highest BCUT2D eigenvalue weighted by Crippen LogP contribution is 2.46. The summed E-state index contributed by atoms with van der Waals surface area (Å²) in [4.78, 5) is 12.4. The molecule has 2 atom stereocenters. The second kappa shape index (κ2) is 6.49. The van der Waals surface area contributed by atoms with Crippen LogP contribution in [0.4, 0.5) is 0 Å². The van der Waals surface area contributed by atoms with Gasteiger partial charge in [0.2, 0.25) is 0 Å². The van der Waals surface area contributed by atoms with E-state index in [0.717, 1.165) is 16.7 Å². The van der Waals surface area contributed by atoms with Crippen LogP contribution in [-0.4, -0.2) is 23.1 Å². The van der Waals surface area contributed by atoms with Gasteiger partial charge in [0.25, 0.3) is 0 Å². The smallest absolute Gasteiger partial charge is 0.335 e. The molecule has 0 radical (unpaired) electrons.